The van der Waals surface area contributed by atoms with E-state index in [0.29, 0.717) is 21.4 Å². The molecule has 0 fully saturated rings. The Kier molecular flexibility index (Phi) is 9.61. The molecule has 1 atom stereocenters. The summed E-state index contributed by atoms with van der Waals surface area (Å²) in [4.78, 5) is 27.5. The van der Waals surface area contributed by atoms with Gasteiger partial charge < -0.3 is 15.0 Å². The van der Waals surface area contributed by atoms with Gasteiger partial charge in [0, 0.05) is 18.7 Å². The molecule has 1 N–H and O–H groups in total. The van der Waals surface area contributed by atoms with Gasteiger partial charge in [0.2, 0.25) is 21.8 Å². The van der Waals surface area contributed by atoms with E-state index in [0.717, 1.165) is 10.6 Å². The summed E-state index contributed by atoms with van der Waals surface area (Å²) in [6.07, 6.45) is 1.01. The van der Waals surface area contributed by atoms with Crippen molar-refractivity contribution < 1.29 is 22.7 Å². The number of hydrogen-bond donors (Lipinski definition) is 1. The Morgan fingerprint density at radius 2 is 1.74 bits per heavy atom. The Bertz CT molecular complexity index is 1140. The summed E-state index contributed by atoms with van der Waals surface area (Å²) < 4.78 is 31.3. The van der Waals surface area contributed by atoms with Crippen LogP contribution in [0.4, 0.5) is 5.69 Å². The highest BCUT2D eigenvalue weighted by molar-refractivity contribution is 7.92. The second-order valence-corrected chi connectivity index (χ2v) is 10.8. The molecule has 2 aromatic carbocycles. The molecular weight excluding hydrogens is 501 g/mol. The van der Waals surface area contributed by atoms with Crippen molar-refractivity contribution in [2.45, 2.75) is 39.4 Å². The first-order valence-electron chi connectivity index (χ1n) is 10.5. The van der Waals surface area contributed by atoms with E-state index in [-0.39, 0.29) is 24.2 Å². The summed E-state index contributed by atoms with van der Waals surface area (Å²) >= 11 is 12.1. The van der Waals surface area contributed by atoms with Gasteiger partial charge in [-0.05, 0) is 50.6 Å². The summed E-state index contributed by atoms with van der Waals surface area (Å²) in [5, 5.41) is 3.45. The maximum Gasteiger partial charge on any atom is 0.244 e. The molecule has 0 aliphatic heterocycles. The highest BCUT2D eigenvalue weighted by Crippen LogP contribution is 2.25. The van der Waals surface area contributed by atoms with Crippen molar-refractivity contribution >= 4 is 50.7 Å². The molecule has 0 saturated carbocycles. The lowest BCUT2D eigenvalue weighted by molar-refractivity contribution is -0.139. The molecular formula is C23H29Cl2N3O5S. The number of methoxy groups -OCH3 is 1. The van der Waals surface area contributed by atoms with Gasteiger partial charge in [-0.15, -0.1) is 0 Å². The molecule has 34 heavy (non-hydrogen) atoms. The van der Waals surface area contributed by atoms with Crippen LogP contribution in [-0.2, 0) is 26.2 Å². The third kappa shape index (κ3) is 7.51. The second-order valence-electron chi connectivity index (χ2n) is 8.08. The molecule has 0 spiro atoms. The van der Waals surface area contributed by atoms with Gasteiger partial charge in [0.15, 0.2) is 0 Å². The van der Waals surface area contributed by atoms with Crippen LogP contribution in [0, 0.1) is 0 Å². The van der Waals surface area contributed by atoms with Crippen LogP contribution in [0.1, 0.15) is 26.3 Å². The molecule has 0 bridgehead atoms. The average Bonchev–Trinajstić information content (AvgIpc) is 2.76. The third-order valence-electron chi connectivity index (χ3n) is 4.96. The molecule has 186 valence electrons. The van der Waals surface area contributed by atoms with Gasteiger partial charge >= 0.3 is 0 Å². The number of hydrogen-bond acceptors (Lipinski definition) is 5. The normalized spacial score (nSPS) is 12.2. The Balaban J connectivity index is 2.42. The Labute approximate surface area is 210 Å². The number of carbonyl (C=O) groups excluding carboxylic acids is 2. The van der Waals surface area contributed by atoms with E-state index >= 15 is 0 Å². The molecule has 8 nitrogen and oxygen atoms in total. The fraction of sp³-hybridized carbons (Fsp3) is 0.391. The van der Waals surface area contributed by atoms with Gasteiger partial charge in [-0.3, -0.25) is 13.9 Å². The number of amides is 2. The lowest BCUT2D eigenvalue weighted by atomic mass is 10.1. The molecule has 2 rings (SSSR count). The minimum atomic E-state index is -3.83. The molecule has 2 aromatic rings. The third-order valence-corrected chi connectivity index (χ3v) is 6.84. The van der Waals surface area contributed by atoms with Crippen LogP contribution in [0.3, 0.4) is 0 Å². The summed E-state index contributed by atoms with van der Waals surface area (Å²) in [7, 11) is -2.37. The summed E-state index contributed by atoms with van der Waals surface area (Å²) in [6, 6.07) is 10.3. The summed E-state index contributed by atoms with van der Waals surface area (Å²) in [6.45, 7) is 4.72. The Morgan fingerprint density at radius 3 is 2.29 bits per heavy atom. The Hall–Kier alpha value is -2.49. The van der Waals surface area contributed by atoms with E-state index in [2.05, 4.69) is 5.32 Å². The van der Waals surface area contributed by atoms with E-state index in [1.807, 2.05) is 13.8 Å². The minimum Gasteiger partial charge on any atom is -0.497 e. The first-order chi connectivity index (χ1) is 15.8. The van der Waals surface area contributed by atoms with Crippen molar-refractivity contribution in [2.24, 2.45) is 0 Å². The lowest BCUT2D eigenvalue weighted by Gasteiger charge is -2.32. The molecule has 0 aromatic heterocycles. The summed E-state index contributed by atoms with van der Waals surface area (Å²) in [5.41, 5.74) is 0.906. The number of nitrogens with zero attached hydrogens (tertiary/aromatic N) is 2. The van der Waals surface area contributed by atoms with Crippen molar-refractivity contribution in [1.29, 1.82) is 0 Å². The Morgan fingerprint density at radius 1 is 1.06 bits per heavy atom. The zero-order valence-electron chi connectivity index (χ0n) is 19.7. The van der Waals surface area contributed by atoms with Gasteiger partial charge in [-0.25, -0.2) is 8.42 Å². The number of sulfonamides is 1. The smallest absolute Gasteiger partial charge is 0.244 e. The zero-order chi connectivity index (χ0) is 25.6. The number of halogens is 2. The largest absolute Gasteiger partial charge is 0.497 e. The number of ether oxygens (including phenoxy) is 1. The van der Waals surface area contributed by atoms with Crippen LogP contribution in [0.5, 0.6) is 5.75 Å². The monoisotopic (exact) mass is 529 g/mol. The molecule has 2 amide bonds. The zero-order valence-corrected chi connectivity index (χ0v) is 22.0. The fourth-order valence-corrected chi connectivity index (χ4v) is 4.36. The second kappa shape index (κ2) is 11.8. The quantitative estimate of drug-likeness (QED) is 0.506. The van der Waals surface area contributed by atoms with Gasteiger partial charge in [0.25, 0.3) is 0 Å². The lowest BCUT2D eigenvalue weighted by Crippen LogP contribution is -2.52. The molecule has 1 unspecified atom stereocenters. The number of rotatable bonds is 10. The molecule has 0 radical (unpaired) electrons. The van der Waals surface area contributed by atoms with Crippen LogP contribution >= 0.6 is 23.2 Å². The van der Waals surface area contributed by atoms with E-state index in [1.165, 1.54) is 18.1 Å². The molecule has 0 aliphatic rings. The van der Waals surface area contributed by atoms with E-state index in [1.54, 1.807) is 43.3 Å². The van der Waals surface area contributed by atoms with E-state index in [4.69, 9.17) is 27.9 Å². The fourth-order valence-electron chi connectivity index (χ4n) is 3.20. The average molecular weight is 530 g/mol. The maximum atomic E-state index is 13.5. The SMILES string of the molecule is COc1cccc(N(CC(=O)N(Cc2ccc(Cl)c(Cl)c2)C(C)C(=O)NC(C)C)S(C)(=O)=O)c1. The molecule has 0 aliphatic carbocycles. The predicted molar refractivity (Wildman–Crippen MR) is 135 cm³/mol. The van der Waals surface area contributed by atoms with Crippen LogP contribution in [-0.4, -0.2) is 57.1 Å². The number of nitrogens with one attached hydrogen (secondary N) is 1. The van der Waals surface area contributed by atoms with Gasteiger partial charge in [0.05, 0.1) is 29.1 Å². The van der Waals surface area contributed by atoms with Crippen molar-refractivity contribution in [3.05, 3.63) is 58.1 Å². The van der Waals surface area contributed by atoms with Crippen LogP contribution in [0.15, 0.2) is 42.5 Å². The molecule has 0 heterocycles. The predicted octanol–water partition coefficient (Wildman–Crippen LogP) is 3.71. The number of carbonyl (C=O) groups is 2. The van der Waals surface area contributed by atoms with Gasteiger partial charge in [-0.2, -0.15) is 0 Å². The first-order valence-corrected chi connectivity index (χ1v) is 13.1. The van der Waals surface area contributed by atoms with Crippen molar-refractivity contribution in [3.63, 3.8) is 0 Å². The first kappa shape index (κ1) is 27.8. The minimum absolute atomic E-state index is 0.0259. The highest BCUT2D eigenvalue weighted by Gasteiger charge is 2.30. The van der Waals surface area contributed by atoms with Crippen LogP contribution in [0.25, 0.3) is 0 Å². The highest BCUT2D eigenvalue weighted by atomic mass is 35.5. The van der Waals surface area contributed by atoms with E-state index < -0.39 is 28.5 Å². The van der Waals surface area contributed by atoms with E-state index in [9.17, 15) is 18.0 Å². The topological polar surface area (TPSA) is 96.0 Å². The molecule has 0 saturated heterocycles. The number of benzene rings is 2. The van der Waals surface area contributed by atoms with Crippen molar-refractivity contribution in [2.75, 3.05) is 24.2 Å². The standard InChI is InChI=1S/C23H29Cl2N3O5S/c1-15(2)26-23(30)16(3)27(13-17-9-10-20(24)21(25)11-17)22(29)14-28(34(5,31)32)18-7-6-8-19(12-18)33-4/h6-12,15-16H,13-14H2,1-5H3,(H,26,30). The number of anilines is 1. The van der Waals surface area contributed by atoms with Crippen LogP contribution < -0.4 is 14.4 Å². The maximum absolute atomic E-state index is 13.5. The summed E-state index contributed by atoms with van der Waals surface area (Å²) in [5.74, 6) is -0.489. The van der Waals surface area contributed by atoms with Gasteiger partial charge in [-0.1, -0.05) is 35.3 Å². The molecule has 11 heteroatoms. The van der Waals surface area contributed by atoms with Crippen molar-refractivity contribution in [3.8, 4) is 5.75 Å². The van der Waals surface area contributed by atoms with Gasteiger partial charge in [0.1, 0.15) is 18.3 Å². The van der Waals surface area contributed by atoms with Crippen molar-refractivity contribution in [1.82, 2.24) is 10.2 Å². The van der Waals surface area contributed by atoms with Crippen LogP contribution in [0.2, 0.25) is 10.0 Å².